The molecular formula is C25H26F3N5O3. The number of anilines is 3. The first-order valence-electron chi connectivity index (χ1n) is 11.3. The van der Waals surface area contributed by atoms with Gasteiger partial charge in [0.25, 0.3) is 5.91 Å². The second kappa shape index (κ2) is 10.8. The summed E-state index contributed by atoms with van der Waals surface area (Å²) in [6.07, 6.45) is -4.11. The van der Waals surface area contributed by atoms with Gasteiger partial charge in [0.05, 0.1) is 37.3 Å². The Balaban J connectivity index is 1.66. The molecule has 1 aliphatic rings. The van der Waals surface area contributed by atoms with Gasteiger partial charge in [0, 0.05) is 50.1 Å². The van der Waals surface area contributed by atoms with Crippen molar-refractivity contribution in [3.05, 3.63) is 71.0 Å². The molecule has 3 aromatic rings. The number of halogens is 3. The average molecular weight is 502 g/mol. The molecule has 0 bridgehead atoms. The summed E-state index contributed by atoms with van der Waals surface area (Å²) in [6, 6.07) is 12.0. The lowest BCUT2D eigenvalue weighted by atomic mass is 10.00. The first kappa shape index (κ1) is 25.2. The lowest BCUT2D eigenvalue weighted by Crippen LogP contribution is -2.36. The first-order chi connectivity index (χ1) is 17.3. The number of ether oxygens (including phenoxy) is 2. The van der Waals surface area contributed by atoms with Crippen molar-refractivity contribution < 1.29 is 27.4 Å². The fourth-order valence-electron chi connectivity index (χ4n) is 3.98. The van der Waals surface area contributed by atoms with E-state index < -0.39 is 17.6 Å². The number of rotatable bonds is 7. The maximum Gasteiger partial charge on any atom is 0.419 e. The number of nitrogens with zero attached hydrogens (tertiary/aromatic N) is 3. The minimum Gasteiger partial charge on any atom is -0.494 e. The van der Waals surface area contributed by atoms with Crippen LogP contribution >= 0.6 is 0 Å². The molecule has 190 valence electrons. The fraction of sp³-hybridized carbons (Fsp3) is 0.320. The van der Waals surface area contributed by atoms with Crippen molar-refractivity contribution in [1.29, 1.82) is 0 Å². The number of morpholine rings is 1. The van der Waals surface area contributed by atoms with E-state index in [1.807, 2.05) is 12.1 Å². The van der Waals surface area contributed by atoms with Crippen molar-refractivity contribution in [3.8, 4) is 5.75 Å². The van der Waals surface area contributed by atoms with E-state index in [1.165, 1.54) is 14.2 Å². The number of methoxy groups -OCH3 is 1. The Morgan fingerprint density at radius 1 is 1.17 bits per heavy atom. The highest BCUT2D eigenvalue weighted by molar-refractivity contribution is 5.95. The van der Waals surface area contributed by atoms with Gasteiger partial charge in [0.15, 0.2) is 0 Å². The van der Waals surface area contributed by atoms with Crippen LogP contribution in [0.4, 0.5) is 30.5 Å². The molecule has 8 nitrogen and oxygen atoms in total. The van der Waals surface area contributed by atoms with Crippen molar-refractivity contribution >= 4 is 23.2 Å². The molecule has 36 heavy (non-hydrogen) atoms. The van der Waals surface area contributed by atoms with E-state index in [0.717, 1.165) is 25.0 Å². The first-order valence-corrected chi connectivity index (χ1v) is 11.3. The zero-order chi connectivity index (χ0) is 25.7. The third-order valence-corrected chi connectivity index (χ3v) is 5.83. The number of carbonyl (C=O) groups excluding carboxylic acids is 1. The van der Waals surface area contributed by atoms with E-state index in [-0.39, 0.29) is 23.6 Å². The molecule has 1 saturated heterocycles. The highest BCUT2D eigenvalue weighted by Gasteiger charge is 2.35. The Labute approximate surface area is 206 Å². The zero-order valence-electron chi connectivity index (χ0n) is 19.9. The third-order valence-electron chi connectivity index (χ3n) is 5.83. The van der Waals surface area contributed by atoms with Crippen LogP contribution in [0.2, 0.25) is 0 Å². The number of carbonyl (C=O) groups is 1. The third kappa shape index (κ3) is 5.68. The van der Waals surface area contributed by atoms with Gasteiger partial charge in [-0.3, -0.25) is 4.79 Å². The molecule has 0 spiro atoms. The second-order valence-corrected chi connectivity index (χ2v) is 8.07. The standard InChI is InChI=1S/C25H26F3N5O3/c1-29-23(34)18-6-4-3-5-16(18)13-21-19(25(26,27)28)15-30-24(32-21)31-20-8-7-17(14-22(20)35-2)33-9-11-36-12-10-33/h3-8,14-15H,9-13H2,1-2H3,(H,29,34)(H,30,31,32). The van der Waals surface area contributed by atoms with E-state index in [0.29, 0.717) is 30.2 Å². The molecular weight excluding hydrogens is 475 g/mol. The summed E-state index contributed by atoms with van der Waals surface area (Å²) < 4.78 is 52.2. The molecule has 0 unspecified atom stereocenters. The summed E-state index contributed by atoms with van der Waals surface area (Å²) in [4.78, 5) is 22.5. The Morgan fingerprint density at radius 2 is 1.92 bits per heavy atom. The fourth-order valence-corrected chi connectivity index (χ4v) is 3.98. The molecule has 11 heteroatoms. The lowest BCUT2D eigenvalue weighted by Gasteiger charge is -2.29. The summed E-state index contributed by atoms with van der Waals surface area (Å²) >= 11 is 0. The molecule has 0 saturated carbocycles. The van der Waals surface area contributed by atoms with E-state index in [2.05, 4.69) is 25.5 Å². The quantitative estimate of drug-likeness (QED) is 0.505. The predicted octanol–water partition coefficient (Wildman–Crippen LogP) is 4.03. The van der Waals surface area contributed by atoms with Crippen molar-refractivity contribution in [2.45, 2.75) is 12.6 Å². The van der Waals surface area contributed by atoms with Gasteiger partial charge in [0.1, 0.15) is 5.75 Å². The molecule has 1 aromatic heterocycles. The Kier molecular flexibility index (Phi) is 7.58. The Bertz CT molecular complexity index is 1230. The normalized spacial score (nSPS) is 13.9. The summed E-state index contributed by atoms with van der Waals surface area (Å²) in [5, 5.41) is 5.48. The summed E-state index contributed by atoms with van der Waals surface area (Å²) in [6.45, 7) is 2.76. The number of benzene rings is 2. The minimum absolute atomic E-state index is 0.0205. The molecule has 2 heterocycles. The summed E-state index contributed by atoms with van der Waals surface area (Å²) in [5.74, 6) is 0.0820. The van der Waals surface area contributed by atoms with Crippen molar-refractivity contribution in [2.24, 2.45) is 0 Å². The molecule has 1 fully saturated rings. The minimum atomic E-state index is -4.66. The molecule has 0 aliphatic carbocycles. The van der Waals surface area contributed by atoms with E-state index in [9.17, 15) is 18.0 Å². The SMILES string of the molecule is CNC(=O)c1ccccc1Cc1nc(Nc2ccc(N3CCOCC3)cc2OC)ncc1C(F)(F)F. The highest BCUT2D eigenvalue weighted by atomic mass is 19.4. The zero-order valence-corrected chi connectivity index (χ0v) is 19.9. The van der Waals surface area contributed by atoms with Gasteiger partial charge >= 0.3 is 6.18 Å². The smallest absolute Gasteiger partial charge is 0.419 e. The molecule has 2 aromatic carbocycles. The number of amides is 1. The number of hydrogen-bond donors (Lipinski definition) is 2. The Morgan fingerprint density at radius 3 is 2.61 bits per heavy atom. The van der Waals surface area contributed by atoms with Crippen LogP contribution in [-0.4, -0.2) is 56.3 Å². The van der Waals surface area contributed by atoms with Crippen molar-refractivity contribution in [3.63, 3.8) is 0 Å². The molecule has 0 atom stereocenters. The second-order valence-electron chi connectivity index (χ2n) is 8.07. The number of hydrogen-bond acceptors (Lipinski definition) is 7. The van der Waals surface area contributed by atoms with Gasteiger partial charge < -0.3 is 25.0 Å². The van der Waals surface area contributed by atoms with Crippen LogP contribution in [0.25, 0.3) is 0 Å². The van der Waals surface area contributed by atoms with E-state index in [1.54, 1.807) is 30.3 Å². The molecule has 0 radical (unpaired) electrons. The van der Waals surface area contributed by atoms with Gasteiger partial charge in [-0.15, -0.1) is 0 Å². The maximum absolute atomic E-state index is 13.8. The van der Waals surface area contributed by atoms with Crippen LogP contribution in [0, 0.1) is 0 Å². The summed E-state index contributed by atoms with van der Waals surface area (Å²) in [7, 11) is 2.98. The van der Waals surface area contributed by atoms with Crippen LogP contribution in [-0.2, 0) is 17.3 Å². The van der Waals surface area contributed by atoms with Gasteiger partial charge in [-0.05, 0) is 23.8 Å². The molecule has 1 amide bonds. The van der Waals surface area contributed by atoms with Crippen molar-refractivity contribution in [1.82, 2.24) is 15.3 Å². The molecule has 1 aliphatic heterocycles. The molecule has 2 N–H and O–H groups in total. The van der Waals surface area contributed by atoms with Gasteiger partial charge in [-0.25, -0.2) is 9.97 Å². The largest absolute Gasteiger partial charge is 0.494 e. The highest BCUT2D eigenvalue weighted by Crippen LogP contribution is 2.35. The number of aromatic nitrogens is 2. The van der Waals surface area contributed by atoms with Crippen LogP contribution in [0.1, 0.15) is 27.2 Å². The monoisotopic (exact) mass is 501 g/mol. The maximum atomic E-state index is 13.8. The predicted molar refractivity (Wildman–Crippen MR) is 129 cm³/mol. The average Bonchev–Trinajstić information content (AvgIpc) is 2.88. The lowest BCUT2D eigenvalue weighted by molar-refractivity contribution is -0.138. The topological polar surface area (TPSA) is 88.6 Å². The number of nitrogens with one attached hydrogen (secondary N) is 2. The van der Waals surface area contributed by atoms with Gasteiger partial charge in [0.2, 0.25) is 5.95 Å². The van der Waals surface area contributed by atoms with E-state index >= 15 is 0 Å². The van der Waals surface area contributed by atoms with Crippen LogP contribution in [0.15, 0.2) is 48.7 Å². The van der Waals surface area contributed by atoms with Crippen LogP contribution < -0.4 is 20.3 Å². The van der Waals surface area contributed by atoms with Crippen LogP contribution in [0.3, 0.4) is 0 Å². The van der Waals surface area contributed by atoms with Crippen molar-refractivity contribution in [2.75, 3.05) is 50.7 Å². The van der Waals surface area contributed by atoms with Gasteiger partial charge in [-0.2, -0.15) is 13.2 Å². The summed E-state index contributed by atoms with van der Waals surface area (Å²) in [5.41, 5.74) is 0.933. The Hall–Kier alpha value is -3.86. The number of alkyl halides is 3. The van der Waals surface area contributed by atoms with Gasteiger partial charge in [-0.1, -0.05) is 18.2 Å². The van der Waals surface area contributed by atoms with E-state index in [4.69, 9.17) is 9.47 Å². The van der Waals surface area contributed by atoms with Crippen LogP contribution in [0.5, 0.6) is 5.75 Å². The molecule has 4 rings (SSSR count).